The van der Waals surface area contributed by atoms with Crippen molar-refractivity contribution in [3.63, 3.8) is 0 Å². The monoisotopic (exact) mass is 320 g/mol. The minimum absolute atomic E-state index is 0.0560. The summed E-state index contributed by atoms with van der Waals surface area (Å²) in [6.45, 7) is 0. The molecule has 2 aliphatic carbocycles. The second kappa shape index (κ2) is 7.57. The summed E-state index contributed by atoms with van der Waals surface area (Å²) in [7, 11) is 2.57. The highest BCUT2D eigenvalue weighted by molar-refractivity contribution is 6.00. The van der Waals surface area contributed by atoms with E-state index in [1.165, 1.54) is 19.8 Å². The van der Waals surface area contributed by atoms with Crippen molar-refractivity contribution < 1.29 is 23.9 Å². The van der Waals surface area contributed by atoms with Crippen LogP contribution in [-0.4, -0.2) is 32.4 Å². The van der Waals surface area contributed by atoms with E-state index in [0.717, 1.165) is 37.5 Å². The summed E-state index contributed by atoms with van der Waals surface area (Å²) >= 11 is 0. The van der Waals surface area contributed by atoms with Crippen molar-refractivity contribution in [2.45, 2.75) is 44.9 Å². The number of hydrogen-bond acceptors (Lipinski definition) is 5. The number of carbonyl (C=O) groups is 3. The number of rotatable bonds is 7. The maximum atomic E-state index is 12.4. The largest absolute Gasteiger partial charge is 0.468 e. The molecule has 1 atom stereocenters. The molecule has 0 aromatic carbocycles. The van der Waals surface area contributed by atoms with Crippen LogP contribution < -0.4 is 0 Å². The summed E-state index contributed by atoms with van der Waals surface area (Å²) in [6.07, 6.45) is 9.83. The molecule has 23 heavy (non-hydrogen) atoms. The summed E-state index contributed by atoms with van der Waals surface area (Å²) < 4.78 is 9.79. The van der Waals surface area contributed by atoms with Gasteiger partial charge in [-0.15, -0.1) is 0 Å². The van der Waals surface area contributed by atoms with Crippen molar-refractivity contribution >= 4 is 18.2 Å². The first-order chi connectivity index (χ1) is 11.1. The van der Waals surface area contributed by atoms with Crippen LogP contribution in [0.2, 0.25) is 0 Å². The summed E-state index contributed by atoms with van der Waals surface area (Å²) in [5.41, 5.74) is 1.06. The van der Waals surface area contributed by atoms with Gasteiger partial charge in [-0.25, -0.2) is 0 Å². The lowest BCUT2D eigenvalue weighted by Gasteiger charge is -2.26. The van der Waals surface area contributed by atoms with Crippen LogP contribution in [0.5, 0.6) is 0 Å². The Balaban J connectivity index is 2.21. The Bertz CT molecular complexity index is 522. The van der Waals surface area contributed by atoms with E-state index in [0.29, 0.717) is 12.8 Å². The van der Waals surface area contributed by atoms with Gasteiger partial charge in [-0.05, 0) is 44.9 Å². The molecule has 2 saturated carbocycles. The molecule has 0 bridgehead atoms. The van der Waals surface area contributed by atoms with Gasteiger partial charge in [0.1, 0.15) is 6.29 Å². The summed E-state index contributed by atoms with van der Waals surface area (Å²) in [5.74, 6) is -1.08. The van der Waals surface area contributed by atoms with Crippen LogP contribution in [0.3, 0.4) is 0 Å². The first kappa shape index (κ1) is 17.4. The van der Waals surface area contributed by atoms with E-state index >= 15 is 0 Å². The van der Waals surface area contributed by atoms with E-state index in [-0.39, 0.29) is 12.3 Å². The van der Waals surface area contributed by atoms with Crippen molar-refractivity contribution in [2.24, 2.45) is 11.3 Å². The van der Waals surface area contributed by atoms with E-state index < -0.39 is 17.4 Å². The Labute approximate surface area is 136 Å². The molecule has 0 aliphatic heterocycles. The molecular weight excluding hydrogens is 296 g/mol. The second-order valence-corrected chi connectivity index (χ2v) is 6.34. The van der Waals surface area contributed by atoms with Crippen molar-refractivity contribution in [2.75, 3.05) is 14.2 Å². The molecule has 0 heterocycles. The number of methoxy groups -OCH3 is 2. The molecule has 2 fully saturated rings. The Morgan fingerprint density at radius 3 is 2.04 bits per heavy atom. The van der Waals surface area contributed by atoms with E-state index in [1.54, 1.807) is 0 Å². The maximum Gasteiger partial charge on any atom is 0.323 e. The van der Waals surface area contributed by atoms with E-state index in [1.807, 2.05) is 12.2 Å². The van der Waals surface area contributed by atoms with Crippen LogP contribution in [0.25, 0.3) is 0 Å². The zero-order valence-electron chi connectivity index (χ0n) is 13.8. The summed E-state index contributed by atoms with van der Waals surface area (Å²) in [6, 6.07) is 0. The zero-order chi connectivity index (χ0) is 16.9. The topological polar surface area (TPSA) is 69.7 Å². The Hall–Kier alpha value is -1.91. The van der Waals surface area contributed by atoms with Crippen LogP contribution in [-0.2, 0) is 23.9 Å². The SMILES string of the molecule is COC(=O)C(CC=C1CC1)(C/C=C1\CCC(C=O)C1)C(=O)OC. The predicted octanol–water partition coefficient (Wildman–Crippen LogP) is 2.74. The number of ether oxygens (including phenoxy) is 2. The molecule has 126 valence electrons. The van der Waals surface area contributed by atoms with Crippen molar-refractivity contribution in [1.29, 1.82) is 0 Å². The van der Waals surface area contributed by atoms with Gasteiger partial charge in [0.15, 0.2) is 5.41 Å². The van der Waals surface area contributed by atoms with Crippen molar-refractivity contribution in [3.05, 3.63) is 23.3 Å². The van der Waals surface area contributed by atoms with Crippen molar-refractivity contribution in [1.82, 2.24) is 0 Å². The lowest BCUT2D eigenvalue weighted by molar-refractivity contribution is -0.168. The zero-order valence-corrected chi connectivity index (χ0v) is 13.8. The molecule has 0 aromatic heterocycles. The van der Waals surface area contributed by atoms with E-state index in [9.17, 15) is 14.4 Å². The number of aldehydes is 1. The number of esters is 2. The third-order valence-electron chi connectivity index (χ3n) is 4.72. The van der Waals surface area contributed by atoms with Gasteiger partial charge in [0, 0.05) is 5.92 Å². The first-order valence-electron chi connectivity index (χ1n) is 8.03. The Morgan fingerprint density at radius 1 is 1.04 bits per heavy atom. The third kappa shape index (κ3) is 4.09. The lowest BCUT2D eigenvalue weighted by atomic mass is 9.80. The quantitative estimate of drug-likeness (QED) is 0.312. The summed E-state index contributed by atoms with van der Waals surface area (Å²) in [5, 5.41) is 0. The van der Waals surface area contributed by atoms with Gasteiger partial charge in [0.25, 0.3) is 0 Å². The van der Waals surface area contributed by atoms with Crippen molar-refractivity contribution in [3.8, 4) is 0 Å². The maximum absolute atomic E-state index is 12.4. The van der Waals surface area contributed by atoms with Crippen LogP contribution >= 0.6 is 0 Å². The molecule has 5 nitrogen and oxygen atoms in total. The van der Waals surface area contributed by atoms with Gasteiger partial charge in [0.05, 0.1) is 14.2 Å². The molecule has 1 unspecified atom stereocenters. The standard InChI is InChI=1S/C18H24O5/c1-22-16(20)18(17(21)23-2,9-7-13-3-4-13)10-8-14-5-6-15(11-14)12-19/h7-8,12,15H,3-6,9-11H2,1-2H3/b14-8+. The minimum Gasteiger partial charge on any atom is -0.468 e. The smallest absolute Gasteiger partial charge is 0.323 e. The predicted molar refractivity (Wildman–Crippen MR) is 84.5 cm³/mol. The Morgan fingerprint density at radius 2 is 1.61 bits per heavy atom. The highest BCUT2D eigenvalue weighted by atomic mass is 16.5. The molecular formula is C18H24O5. The second-order valence-electron chi connectivity index (χ2n) is 6.34. The highest BCUT2D eigenvalue weighted by Crippen LogP contribution is 2.38. The molecule has 0 amide bonds. The molecule has 0 spiro atoms. The number of hydrogen-bond donors (Lipinski definition) is 0. The van der Waals surface area contributed by atoms with Gasteiger partial charge in [0.2, 0.25) is 0 Å². The number of allylic oxidation sites excluding steroid dienone is 4. The van der Waals surface area contributed by atoms with Gasteiger partial charge >= 0.3 is 11.9 Å². The fourth-order valence-corrected chi connectivity index (χ4v) is 3.02. The van der Waals surface area contributed by atoms with Crippen LogP contribution in [0.1, 0.15) is 44.9 Å². The molecule has 0 N–H and O–H groups in total. The van der Waals surface area contributed by atoms with Gasteiger partial charge in [-0.2, -0.15) is 0 Å². The third-order valence-corrected chi connectivity index (χ3v) is 4.72. The van der Waals surface area contributed by atoms with Crippen LogP contribution in [0.4, 0.5) is 0 Å². The average Bonchev–Trinajstić information content (AvgIpc) is 3.30. The molecule has 5 heteroatoms. The molecule has 2 aliphatic rings. The van der Waals surface area contributed by atoms with E-state index in [2.05, 4.69) is 0 Å². The highest BCUT2D eigenvalue weighted by Gasteiger charge is 2.47. The lowest BCUT2D eigenvalue weighted by Crippen LogP contribution is -2.40. The fourth-order valence-electron chi connectivity index (χ4n) is 3.02. The number of carbonyl (C=O) groups excluding carboxylic acids is 3. The average molecular weight is 320 g/mol. The molecule has 0 aromatic rings. The van der Waals surface area contributed by atoms with Crippen LogP contribution in [0, 0.1) is 11.3 Å². The van der Waals surface area contributed by atoms with Gasteiger partial charge < -0.3 is 14.3 Å². The van der Waals surface area contributed by atoms with Gasteiger partial charge in [-0.3, -0.25) is 9.59 Å². The Kier molecular flexibility index (Phi) is 5.74. The molecule has 0 saturated heterocycles. The van der Waals surface area contributed by atoms with E-state index in [4.69, 9.17) is 9.47 Å². The first-order valence-corrected chi connectivity index (χ1v) is 8.03. The summed E-state index contributed by atoms with van der Waals surface area (Å²) in [4.78, 5) is 35.6. The van der Waals surface area contributed by atoms with Crippen LogP contribution in [0.15, 0.2) is 23.3 Å². The van der Waals surface area contributed by atoms with Gasteiger partial charge in [-0.1, -0.05) is 23.3 Å². The molecule has 0 radical (unpaired) electrons. The minimum atomic E-state index is -1.33. The fraction of sp³-hybridized carbons (Fsp3) is 0.611. The normalized spacial score (nSPS) is 21.9. The molecule has 2 rings (SSSR count).